The average molecular weight is 555 g/mol. The van der Waals surface area contributed by atoms with Gasteiger partial charge in [-0.3, -0.25) is 38.9 Å². The highest BCUT2D eigenvalue weighted by Gasteiger charge is 2.45. The van der Waals surface area contributed by atoms with Gasteiger partial charge < -0.3 is 10.2 Å². The number of carbonyl (C=O) groups is 5. The molecule has 0 spiro atoms. The maximum absolute atomic E-state index is 13.3. The van der Waals surface area contributed by atoms with Crippen molar-refractivity contribution in [2.24, 2.45) is 0 Å². The fraction of sp³-hybridized carbons (Fsp3) is 0.333. The van der Waals surface area contributed by atoms with Crippen molar-refractivity contribution in [1.82, 2.24) is 24.9 Å². The summed E-state index contributed by atoms with van der Waals surface area (Å²) in [6.45, 7) is 1.74. The fourth-order valence-electron chi connectivity index (χ4n) is 5.79. The summed E-state index contributed by atoms with van der Waals surface area (Å²) >= 11 is 0. The van der Waals surface area contributed by atoms with Crippen LogP contribution in [0.1, 0.15) is 63.6 Å². The van der Waals surface area contributed by atoms with Crippen molar-refractivity contribution < 1.29 is 24.0 Å². The maximum Gasteiger partial charge on any atom is 0.264 e. The number of benzene rings is 2. The Morgan fingerprint density at radius 3 is 2.46 bits per heavy atom. The van der Waals surface area contributed by atoms with Gasteiger partial charge >= 0.3 is 0 Å². The first-order valence-corrected chi connectivity index (χ1v) is 13.8. The maximum atomic E-state index is 13.3. The first-order chi connectivity index (χ1) is 19.9. The Hall–Kier alpha value is -4.80. The van der Waals surface area contributed by atoms with Gasteiger partial charge in [0.05, 0.1) is 29.8 Å². The summed E-state index contributed by atoms with van der Waals surface area (Å²) in [5, 5.41) is 10.0. The molecule has 41 heavy (non-hydrogen) atoms. The molecule has 0 aliphatic carbocycles. The van der Waals surface area contributed by atoms with E-state index >= 15 is 0 Å². The van der Waals surface area contributed by atoms with E-state index in [1.807, 2.05) is 46.1 Å². The number of carbonyl (C=O) groups excluding carboxylic acids is 5. The standard InChI is InChI=1S/C30H30N6O5/c37-25-10-9-24(28(39)33-25)36-29(40)22-7-4-8-23(27(22)30(36)41)31-16-20-17-32-35(18-20)21-11-13-34(14-12-21)26(38)15-19-5-2-1-3-6-19/h1-8,17-18,21,24,31H,9-16H2,(H,33,37,39). The molecule has 1 unspecified atom stereocenters. The quantitative estimate of drug-likeness (QED) is 0.428. The van der Waals surface area contributed by atoms with E-state index in [1.165, 1.54) is 0 Å². The van der Waals surface area contributed by atoms with Crippen molar-refractivity contribution in [3.05, 3.63) is 83.2 Å². The molecule has 5 amide bonds. The zero-order valence-corrected chi connectivity index (χ0v) is 22.4. The van der Waals surface area contributed by atoms with Gasteiger partial charge in [0.15, 0.2) is 0 Å². The lowest BCUT2D eigenvalue weighted by atomic mass is 10.0. The Bertz CT molecular complexity index is 1530. The number of rotatable bonds is 7. The Kier molecular flexibility index (Phi) is 7.08. The summed E-state index contributed by atoms with van der Waals surface area (Å²) in [6.07, 6.45) is 5.95. The molecule has 3 aliphatic rings. The van der Waals surface area contributed by atoms with Crippen molar-refractivity contribution in [3.8, 4) is 0 Å². The number of hydrogen-bond acceptors (Lipinski definition) is 7. The normalized spacial score (nSPS) is 19.4. The van der Waals surface area contributed by atoms with Crippen molar-refractivity contribution >= 4 is 35.2 Å². The van der Waals surface area contributed by atoms with E-state index in [0.717, 1.165) is 28.9 Å². The zero-order chi connectivity index (χ0) is 28.5. The van der Waals surface area contributed by atoms with E-state index in [0.29, 0.717) is 31.7 Å². The molecular formula is C30H30N6O5. The summed E-state index contributed by atoms with van der Waals surface area (Å²) in [4.78, 5) is 65.9. The van der Waals surface area contributed by atoms with Crippen LogP contribution in [0.3, 0.4) is 0 Å². The third-order valence-electron chi connectivity index (χ3n) is 8.00. The number of anilines is 1. The lowest BCUT2D eigenvalue weighted by Crippen LogP contribution is -2.54. The van der Waals surface area contributed by atoms with Gasteiger partial charge in [-0.25, -0.2) is 0 Å². The van der Waals surface area contributed by atoms with Crippen LogP contribution in [0.5, 0.6) is 0 Å². The minimum absolute atomic E-state index is 0.0714. The van der Waals surface area contributed by atoms with E-state index in [4.69, 9.17) is 0 Å². The molecule has 2 saturated heterocycles. The van der Waals surface area contributed by atoms with Crippen LogP contribution in [-0.4, -0.2) is 68.2 Å². The van der Waals surface area contributed by atoms with Crippen LogP contribution in [0.2, 0.25) is 0 Å². The molecule has 2 fully saturated rings. The van der Waals surface area contributed by atoms with Gasteiger partial charge in [-0.2, -0.15) is 5.10 Å². The number of likely N-dealkylation sites (tertiary alicyclic amines) is 1. The lowest BCUT2D eigenvalue weighted by Gasteiger charge is -2.32. The fourth-order valence-corrected chi connectivity index (χ4v) is 5.79. The number of amides is 5. The van der Waals surface area contributed by atoms with Gasteiger partial charge in [0.1, 0.15) is 6.04 Å². The topological polar surface area (TPSA) is 134 Å². The second-order valence-corrected chi connectivity index (χ2v) is 10.6. The van der Waals surface area contributed by atoms with Crippen molar-refractivity contribution in [2.45, 2.75) is 50.7 Å². The molecule has 1 atom stereocenters. The Labute approximate surface area is 236 Å². The number of fused-ring (bicyclic) bond motifs is 1. The molecule has 1 aromatic heterocycles. The molecule has 4 heterocycles. The number of nitrogens with zero attached hydrogens (tertiary/aromatic N) is 4. The Morgan fingerprint density at radius 1 is 0.927 bits per heavy atom. The molecule has 210 valence electrons. The van der Waals surface area contributed by atoms with Crippen molar-refractivity contribution in [2.75, 3.05) is 18.4 Å². The number of piperidine rings is 2. The summed E-state index contributed by atoms with van der Waals surface area (Å²) in [6, 6.07) is 13.9. The molecule has 2 N–H and O–H groups in total. The Balaban J connectivity index is 1.07. The van der Waals surface area contributed by atoms with Gasteiger partial charge in [-0.05, 0) is 37.0 Å². The molecule has 3 aromatic rings. The zero-order valence-electron chi connectivity index (χ0n) is 22.4. The minimum atomic E-state index is -1.01. The highest BCUT2D eigenvalue weighted by Crippen LogP contribution is 2.32. The van der Waals surface area contributed by atoms with Gasteiger partial charge in [0, 0.05) is 43.5 Å². The van der Waals surface area contributed by atoms with E-state index < -0.39 is 29.7 Å². The van der Waals surface area contributed by atoms with Gasteiger partial charge in [-0.15, -0.1) is 0 Å². The number of hydrogen-bond donors (Lipinski definition) is 2. The second kappa shape index (κ2) is 11.0. The van der Waals surface area contributed by atoms with Gasteiger partial charge in [-0.1, -0.05) is 36.4 Å². The molecule has 0 radical (unpaired) electrons. The van der Waals surface area contributed by atoms with Crippen molar-refractivity contribution in [3.63, 3.8) is 0 Å². The minimum Gasteiger partial charge on any atom is -0.380 e. The third kappa shape index (κ3) is 5.22. The van der Waals surface area contributed by atoms with E-state index in [-0.39, 0.29) is 35.9 Å². The smallest absolute Gasteiger partial charge is 0.264 e. The number of aromatic nitrogens is 2. The first-order valence-electron chi connectivity index (χ1n) is 13.8. The van der Waals surface area contributed by atoms with Crippen LogP contribution in [0.4, 0.5) is 5.69 Å². The molecule has 11 nitrogen and oxygen atoms in total. The van der Waals surface area contributed by atoms with Crippen molar-refractivity contribution in [1.29, 1.82) is 0 Å². The molecule has 11 heteroatoms. The third-order valence-corrected chi connectivity index (χ3v) is 8.00. The van der Waals surface area contributed by atoms with Crippen LogP contribution in [0, 0.1) is 0 Å². The predicted octanol–water partition coefficient (Wildman–Crippen LogP) is 2.30. The molecule has 0 bridgehead atoms. The summed E-state index contributed by atoms with van der Waals surface area (Å²) in [7, 11) is 0. The van der Waals surface area contributed by atoms with E-state index in [9.17, 15) is 24.0 Å². The van der Waals surface area contributed by atoms with Crippen LogP contribution >= 0.6 is 0 Å². The monoisotopic (exact) mass is 554 g/mol. The molecule has 2 aromatic carbocycles. The molecule has 0 saturated carbocycles. The summed E-state index contributed by atoms with van der Waals surface area (Å²) < 4.78 is 1.94. The molecular weight excluding hydrogens is 524 g/mol. The summed E-state index contributed by atoms with van der Waals surface area (Å²) in [5.74, 6) is -1.99. The van der Waals surface area contributed by atoms with Crippen LogP contribution in [0.15, 0.2) is 60.9 Å². The van der Waals surface area contributed by atoms with E-state index in [1.54, 1.807) is 24.4 Å². The number of nitrogens with one attached hydrogen (secondary N) is 2. The molecule has 6 rings (SSSR count). The highest BCUT2D eigenvalue weighted by molar-refractivity contribution is 6.25. The molecule has 3 aliphatic heterocycles. The predicted molar refractivity (Wildman–Crippen MR) is 148 cm³/mol. The lowest BCUT2D eigenvalue weighted by molar-refractivity contribution is -0.136. The van der Waals surface area contributed by atoms with Gasteiger partial charge in [0.25, 0.3) is 11.8 Å². The first kappa shape index (κ1) is 26.4. The van der Waals surface area contributed by atoms with E-state index in [2.05, 4.69) is 15.7 Å². The van der Waals surface area contributed by atoms with Crippen LogP contribution in [0.25, 0.3) is 0 Å². The largest absolute Gasteiger partial charge is 0.380 e. The number of imide groups is 2. The average Bonchev–Trinajstić information content (AvgIpc) is 3.56. The van der Waals surface area contributed by atoms with Crippen LogP contribution < -0.4 is 10.6 Å². The SMILES string of the molecule is O=C1CCC(N2C(=O)c3cccc(NCc4cnn(C5CCN(C(=O)Cc6ccccc6)CC5)c4)c3C2=O)C(=O)N1. The van der Waals surface area contributed by atoms with Crippen LogP contribution in [-0.2, 0) is 27.3 Å². The van der Waals surface area contributed by atoms with Gasteiger partial charge in [0.2, 0.25) is 17.7 Å². The Morgan fingerprint density at radius 2 is 1.71 bits per heavy atom. The summed E-state index contributed by atoms with van der Waals surface area (Å²) in [5.41, 5.74) is 2.87. The highest BCUT2D eigenvalue weighted by atomic mass is 16.2. The second-order valence-electron chi connectivity index (χ2n) is 10.6.